The number of hydrogen-bond acceptors (Lipinski definition) is 5. The van der Waals surface area contributed by atoms with Gasteiger partial charge in [0.1, 0.15) is 17.5 Å². The minimum Gasteiger partial charge on any atom is -0.470 e. The first-order valence-electron chi connectivity index (χ1n) is 7.99. The molecule has 0 aliphatic carbocycles. The second-order valence-electron chi connectivity index (χ2n) is 6.23. The molecule has 2 heterocycles. The van der Waals surface area contributed by atoms with Crippen LogP contribution < -0.4 is 9.75 Å². The number of benzene rings is 2. The molecule has 0 saturated carbocycles. The van der Waals surface area contributed by atoms with Crippen LogP contribution in [-0.2, 0) is 4.79 Å². The molecule has 2 aromatic carbocycles. The lowest BCUT2D eigenvalue weighted by atomic mass is 9.80. The Balaban J connectivity index is 1.83. The summed E-state index contributed by atoms with van der Waals surface area (Å²) in [6.07, 6.45) is 0. The Morgan fingerprint density at radius 1 is 1.31 bits per heavy atom. The number of amides is 1. The first-order valence-corrected chi connectivity index (χ1v) is 7.99. The molecule has 2 aromatic rings. The molecule has 2 atom stereocenters. The van der Waals surface area contributed by atoms with Gasteiger partial charge in [-0.25, -0.2) is 4.39 Å². The molecule has 0 fully saturated rings. The molecule has 0 unspecified atom stereocenters. The van der Waals surface area contributed by atoms with Crippen LogP contribution in [0.25, 0.3) is 0 Å². The van der Waals surface area contributed by atoms with Crippen LogP contribution in [0.4, 0.5) is 10.1 Å². The zero-order chi connectivity index (χ0) is 18.5. The molecule has 2 aliphatic heterocycles. The molecule has 26 heavy (non-hydrogen) atoms. The maximum absolute atomic E-state index is 13.7. The Morgan fingerprint density at radius 3 is 2.73 bits per heavy atom. The lowest BCUT2D eigenvalue weighted by Gasteiger charge is -2.27. The van der Waals surface area contributed by atoms with E-state index in [0.29, 0.717) is 17.0 Å². The standard InChI is InChI=1S/C18H14FN3O4/c1-11-18(17(23)22(20-11)13-5-3-2-4-6-13)15(10-21(24)25)14-9-12(19)7-8-16(14)26-18/h2-9,15H,10H2,1H3/t15-,18+/m1/s1. The summed E-state index contributed by atoms with van der Waals surface area (Å²) in [6, 6.07) is 12.5. The molecular formula is C18H14FN3O4. The second kappa shape index (κ2) is 5.62. The molecule has 1 spiro atoms. The number of ether oxygens (including phenoxy) is 1. The third-order valence-electron chi connectivity index (χ3n) is 4.74. The van der Waals surface area contributed by atoms with Crippen LogP contribution in [0.5, 0.6) is 5.75 Å². The molecule has 0 radical (unpaired) electrons. The van der Waals surface area contributed by atoms with E-state index in [1.165, 1.54) is 23.2 Å². The smallest absolute Gasteiger partial charge is 0.298 e. The van der Waals surface area contributed by atoms with Crippen molar-refractivity contribution in [3.63, 3.8) is 0 Å². The molecule has 0 aromatic heterocycles. The maximum Gasteiger partial charge on any atom is 0.298 e. The van der Waals surface area contributed by atoms with Crippen molar-refractivity contribution in [3.05, 3.63) is 70.0 Å². The van der Waals surface area contributed by atoms with Gasteiger partial charge in [0.2, 0.25) is 12.1 Å². The van der Waals surface area contributed by atoms with Gasteiger partial charge in [-0.2, -0.15) is 10.1 Å². The summed E-state index contributed by atoms with van der Waals surface area (Å²) in [7, 11) is 0. The van der Waals surface area contributed by atoms with Crippen molar-refractivity contribution in [2.24, 2.45) is 5.10 Å². The quantitative estimate of drug-likeness (QED) is 0.626. The SMILES string of the molecule is CC1=NN(c2ccccc2)C(=O)[C@]12Oc1ccc(F)cc1[C@H]2C[N+](=O)[O-]. The number of carbonyl (C=O) groups excluding carboxylic acids is 1. The van der Waals surface area contributed by atoms with Gasteiger partial charge in [-0.3, -0.25) is 14.9 Å². The van der Waals surface area contributed by atoms with Gasteiger partial charge in [-0.1, -0.05) is 18.2 Å². The highest BCUT2D eigenvalue weighted by Crippen LogP contribution is 2.49. The Hall–Kier alpha value is -3.29. The van der Waals surface area contributed by atoms with Crippen molar-refractivity contribution in [2.75, 3.05) is 11.6 Å². The summed E-state index contributed by atoms with van der Waals surface area (Å²) in [5.74, 6) is -1.77. The fourth-order valence-electron chi connectivity index (χ4n) is 3.57. The van der Waals surface area contributed by atoms with Crippen molar-refractivity contribution < 1.29 is 18.8 Å². The Morgan fingerprint density at radius 2 is 2.04 bits per heavy atom. The van der Waals surface area contributed by atoms with Crippen LogP contribution in [0.15, 0.2) is 53.6 Å². The summed E-state index contributed by atoms with van der Waals surface area (Å²) >= 11 is 0. The van der Waals surface area contributed by atoms with Crippen LogP contribution in [0.1, 0.15) is 18.4 Å². The average Bonchev–Trinajstić information content (AvgIpc) is 3.06. The largest absolute Gasteiger partial charge is 0.470 e. The number of hydrogen-bond donors (Lipinski definition) is 0. The molecule has 4 rings (SSSR count). The molecule has 2 aliphatic rings. The van der Waals surface area contributed by atoms with Gasteiger partial charge in [-0.05, 0) is 37.3 Å². The predicted molar refractivity (Wildman–Crippen MR) is 91.4 cm³/mol. The van der Waals surface area contributed by atoms with E-state index < -0.39 is 34.7 Å². The highest BCUT2D eigenvalue weighted by molar-refractivity contribution is 6.23. The maximum atomic E-state index is 13.7. The van der Waals surface area contributed by atoms with E-state index >= 15 is 0 Å². The van der Waals surface area contributed by atoms with Gasteiger partial charge in [0.05, 0.1) is 11.4 Å². The van der Waals surface area contributed by atoms with E-state index in [-0.39, 0.29) is 5.75 Å². The predicted octanol–water partition coefficient (Wildman–Crippen LogP) is 2.74. The Kier molecular flexibility index (Phi) is 3.50. The number of para-hydroxylation sites is 1. The van der Waals surface area contributed by atoms with E-state index in [1.54, 1.807) is 37.3 Å². The first kappa shape index (κ1) is 16.2. The Labute approximate surface area is 147 Å². The molecule has 0 saturated heterocycles. The van der Waals surface area contributed by atoms with Gasteiger partial charge in [0, 0.05) is 10.5 Å². The van der Waals surface area contributed by atoms with Crippen LogP contribution >= 0.6 is 0 Å². The third kappa shape index (κ3) is 2.18. The molecular weight excluding hydrogens is 341 g/mol. The lowest BCUT2D eigenvalue weighted by molar-refractivity contribution is -0.484. The van der Waals surface area contributed by atoms with E-state index in [2.05, 4.69) is 5.10 Å². The number of nitro groups is 1. The fraction of sp³-hybridized carbons (Fsp3) is 0.222. The second-order valence-corrected chi connectivity index (χ2v) is 6.23. The van der Waals surface area contributed by atoms with Gasteiger partial charge < -0.3 is 4.74 Å². The topological polar surface area (TPSA) is 85.0 Å². The third-order valence-corrected chi connectivity index (χ3v) is 4.74. The molecule has 8 heteroatoms. The Bertz CT molecular complexity index is 947. The molecule has 0 N–H and O–H groups in total. The zero-order valence-electron chi connectivity index (χ0n) is 13.8. The fourth-order valence-corrected chi connectivity index (χ4v) is 3.57. The summed E-state index contributed by atoms with van der Waals surface area (Å²) in [5, 5.41) is 16.7. The number of nitrogens with zero attached hydrogens (tertiary/aromatic N) is 3. The highest BCUT2D eigenvalue weighted by Gasteiger charge is 2.63. The number of carbonyl (C=O) groups is 1. The number of hydrazone groups is 1. The van der Waals surface area contributed by atoms with Crippen molar-refractivity contribution in [2.45, 2.75) is 18.4 Å². The molecule has 1 amide bonds. The van der Waals surface area contributed by atoms with Gasteiger partial charge in [0.25, 0.3) is 5.91 Å². The summed E-state index contributed by atoms with van der Waals surface area (Å²) in [6.45, 7) is 1.02. The molecule has 0 bridgehead atoms. The van der Waals surface area contributed by atoms with Crippen molar-refractivity contribution in [3.8, 4) is 5.75 Å². The van der Waals surface area contributed by atoms with E-state index in [0.717, 1.165) is 0 Å². The van der Waals surface area contributed by atoms with Gasteiger partial charge in [-0.15, -0.1) is 0 Å². The van der Waals surface area contributed by atoms with Gasteiger partial charge >= 0.3 is 0 Å². The monoisotopic (exact) mass is 355 g/mol. The van der Waals surface area contributed by atoms with E-state index in [9.17, 15) is 19.3 Å². The minimum atomic E-state index is -1.64. The van der Waals surface area contributed by atoms with Crippen LogP contribution in [0.2, 0.25) is 0 Å². The van der Waals surface area contributed by atoms with Crippen molar-refractivity contribution in [1.29, 1.82) is 0 Å². The summed E-state index contributed by atoms with van der Waals surface area (Å²) in [5.41, 5.74) is -0.507. The minimum absolute atomic E-state index is 0.260. The van der Waals surface area contributed by atoms with Gasteiger partial charge in [0.15, 0.2) is 0 Å². The van der Waals surface area contributed by atoms with Crippen LogP contribution in [0, 0.1) is 15.9 Å². The number of rotatable bonds is 3. The molecule has 7 nitrogen and oxygen atoms in total. The van der Waals surface area contributed by atoms with Crippen LogP contribution in [0.3, 0.4) is 0 Å². The van der Waals surface area contributed by atoms with Crippen molar-refractivity contribution >= 4 is 17.3 Å². The number of anilines is 1. The highest BCUT2D eigenvalue weighted by atomic mass is 19.1. The summed E-state index contributed by atoms with van der Waals surface area (Å²) in [4.78, 5) is 24.0. The van der Waals surface area contributed by atoms with E-state index in [1.807, 2.05) is 0 Å². The zero-order valence-corrected chi connectivity index (χ0v) is 13.8. The van der Waals surface area contributed by atoms with Crippen molar-refractivity contribution in [1.82, 2.24) is 0 Å². The first-order chi connectivity index (χ1) is 12.4. The van der Waals surface area contributed by atoms with Crippen LogP contribution in [-0.4, -0.2) is 28.7 Å². The average molecular weight is 355 g/mol. The number of fused-ring (bicyclic) bond motifs is 1. The van der Waals surface area contributed by atoms with E-state index in [4.69, 9.17) is 4.74 Å². The molecule has 132 valence electrons. The lowest BCUT2D eigenvalue weighted by Crippen LogP contribution is -2.54. The normalized spacial score (nSPS) is 23.8. The summed E-state index contributed by atoms with van der Waals surface area (Å²) < 4.78 is 19.6. The number of halogens is 1.